The van der Waals surface area contributed by atoms with Gasteiger partial charge in [-0.1, -0.05) is 12.1 Å². The lowest BCUT2D eigenvalue weighted by molar-refractivity contribution is -0.253. The topological polar surface area (TPSA) is 35.2 Å². The average Bonchev–Trinajstić information content (AvgIpc) is 2.47. The molecule has 0 bridgehead atoms. The first kappa shape index (κ1) is 20.7. The molecule has 0 aliphatic rings. The monoisotopic (exact) mass is 403 g/mol. The van der Waals surface area contributed by atoms with Crippen molar-refractivity contribution in [2.75, 3.05) is 5.73 Å². The molecular weight excluding hydrogens is 393 g/mol. The van der Waals surface area contributed by atoms with Crippen molar-refractivity contribution in [3.05, 3.63) is 53.6 Å². The van der Waals surface area contributed by atoms with Crippen LogP contribution in [-0.4, -0.2) is 12.4 Å². The summed E-state index contributed by atoms with van der Waals surface area (Å²) in [4.78, 5) is 0. The maximum absolute atomic E-state index is 12.8. The molecule has 0 aliphatic heterocycles. The van der Waals surface area contributed by atoms with Gasteiger partial charge in [-0.15, -0.1) is 0 Å². The lowest BCUT2D eigenvalue weighted by Crippen LogP contribution is -2.34. The molecule has 0 fully saturated rings. The number of nitrogens with two attached hydrogens (primary N) is 1. The molecule has 0 amide bonds. The predicted octanol–water partition coefficient (Wildman–Crippen LogP) is 6.29. The second kappa shape index (κ2) is 6.86. The van der Waals surface area contributed by atoms with Crippen molar-refractivity contribution in [2.45, 2.75) is 24.4 Å². The zero-order valence-corrected chi connectivity index (χ0v) is 13.0. The van der Waals surface area contributed by atoms with Crippen molar-refractivity contribution in [1.82, 2.24) is 0 Å². The van der Waals surface area contributed by atoms with E-state index < -0.39 is 41.3 Å². The molecule has 2 rings (SSSR count). The molecule has 2 nitrogen and oxygen atoms in total. The third kappa shape index (κ3) is 4.98. The highest BCUT2D eigenvalue weighted by Crippen LogP contribution is 2.46. The standard InChI is InChI=1S/C16H10F9NO/c17-14(18,19)11-7-10(5-6-12(11)26)27-9-3-1-8(2-4-9)13(15(20,21)22)16(23,24)25/h1-7,13H,26H2. The fraction of sp³-hybridized carbons (Fsp3) is 0.250. The molecule has 2 aromatic carbocycles. The number of hydrogen-bond donors (Lipinski definition) is 1. The van der Waals surface area contributed by atoms with Gasteiger partial charge < -0.3 is 10.5 Å². The zero-order chi connectivity index (χ0) is 20.6. The van der Waals surface area contributed by atoms with Gasteiger partial charge in [0.05, 0.1) is 5.56 Å². The van der Waals surface area contributed by atoms with Gasteiger partial charge in [0.1, 0.15) is 11.5 Å². The fourth-order valence-corrected chi connectivity index (χ4v) is 2.27. The summed E-state index contributed by atoms with van der Waals surface area (Å²) in [6.07, 6.45) is -15.9. The van der Waals surface area contributed by atoms with Gasteiger partial charge in [-0.25, -0.2) is 0 Å². The Kier molecular flexibility index (Phi) is 5.26. The van der Waals surface area contributed by atoms with Gasteiger partial charge in [-0.05, 0) is 35.9 Å². The Hall–Kier alpha value is -2.59. The Morgan fingerprint density at radius 1 is 0.704 bits per heavy atom. The summed E-state index contributed by atoms with van der Waals surface area (Å²) >= 11 is 0. The van der Waals surface area contributed by atoms with Crippen LogP contribution in [0, 0.1) is 0 Å². The van der Waals surface area contributed by atoms with Crippen LogP contribution in [0.4, 0.5) is 45.2 Å². The van der Waals surface area contributed by atoms with E-state index in [4.69, 9.17) is 10.5 Å². The highest BCUT2D eigenvalue weighted by atomic mass is 19.4. The normalized spacial score (nSPS) is 13.1. The molecule has 0 spiro atoms. The minimum Gasteiger partial charge on any atom is -0.457 e. The summed E-state index contributed by atoms with van der Waals surface area (Å²) in [7, 11) is 0. The first-order valence-electron chi connectivity index (χ1n) is 7.07. The largest absolute Gasteiger partial charge is 0.457 e. The van der Waals surface area contributed by atoms with Gasteiger partial charge in [0.25, 0.3) is 0 Å². The molecule has 0 radical (unpaired) electrons. The van der Waals surface area contributed by atoms with Crippen LogP contribution in [-0.2, 0) is 6.18 Å². The van der Waals surface area contributed by atoms with Crippen LogP contribution in [0.2, 0.25) is 0 Å². The van der Waals surface area contributed by atoms with Crippen molar-refractivity contribution in [2.24, 2.45) is 0 Å². The summed E-state index contributed by atoms with van der Waals surface area (Å²) in [6, 6.07) is 5.23. The van der Waals surface area contributed by atoms with Gasteiger partial charge >= 0.3 is 18.5 Å². The van der Waals surface area contributed by atoms with Crippen molar-refractivity contribution in [1.29, 1.82) is 0 Å². The van der Waals surface area contributed by atoms with Crippen LogP contribution in [0.25, 0.3) is 0 Å². The van der Waals surface area contributed by atoms with E-state index in [9.17, 15) is 39.5 Å². The Labute approximate surface area is 146 Å². The number of hydrogen-bond acceptors (Lipinski definition) is 2. The number of rotatable bonds is 3. The molecule has 0 atom stereocenters. The van der Waals surface area contributed by atoms with Gasteiger partial charge in [0.2, 0.25) is 0 Å². The zero-order valence-electron chi connectivity index (χ0n) is 13.0. The lowest BCUT2D eigenvalue weighted by Gasteiger charge is -2.23. The number of benzene rings is 2. The van der Waals surface area contributed by atoms with Crippen LogP contribution in [0.3, 0.4) is 0 Å². The molecule has 148 valence electrons. The molecule has 0 saturated carbocycles. The van der Waals surface area contributed by atoms with Crippen LogP contribution >= 0.6 is 0 Å². The SMILES string of the molecule is Nc1ccc(Oc2ccc(C(C(F)(F)F)C(F)(F)F)cc2)cc1C(F)(F)F. The first-order valence-corrected chi connectivity index (χ1v) is 7.07. The van der Waals surface area contributed by atoms with E-state index in [1.165, 1.54) is 0 Å². The van der Waals surface area contributed by atoms with Crippen LogP contribution in [0.5, 0.6) is 11.5 Å². The van der Waals surface area contributed by atoms with E-state index >= 15 is 0 Å². The number of nitrogen functional groups attached to an aromatic ring is 1. The summed E-state index contributed by atoms with van der Waals surface area (Å²) in [6.45, 7) is 0. The molecular formula is C16H10F9NO. The number of ether oxygens (including phenoxy) is 1. The van der Waals surface area contributed by atoms with Gasteiger partial charge in [0.15, 0.2) is 5.92 Å². The van der Waals surface area contributed by atoms with Crippen LogP contribution < -0.4 is 10.5 Å². The lowest BCUT2D eigenvalue weighted by atomic mass is 9.98. The first-order chi connectivity index (χ1) is 12.2. The maximum Gasteiger partial charge on any atom is 0.418 e. The second-order valence-electron chi connectivity index (χ2n) is 5.43. The summed E-state index contributed by atoms with van der Waals surface area (Å²) in [5, 5.41) is 0. The van der Waals surface area contributed by atoms with E-state index in [-0.39, 0.29) is 11.5 Å². The van der Waals surface area contributed by atoms with Gasteiger partial charge in [-0.3, -0.25) is 0 Å². The Bertz CT molecular complexity index is 778. The molecule has 27 heavy (non-hydrogen) atoms. The van der Waals surface area contributed by atoms with E-state index in [0.717, 1.165) is 24.3 Å². The molecule has 11 heteroatoms. The van der Waals surface area contributed by atoms with Crippen LogP contribution in [0.15, 0.2) is 42.5 Å². The van der Waals surface area contributed by atoms with Crippen molar-refractivity contribution in [3.63, 3.8) is 0 Å². The molecule has 2 aromatic rings. The van der Waals surface area contributed by atoms with Crippen molar-refractivity contribution < 1.29 is 44.3 Å². The third-order valence-electron chi connectivity index (χ3n) is 3.43. The van der Waals surface area contributed by atoms with E-state index in [2.05, 4.69) is 0 Å². The summed E-state index contributed by atoms with van der Waals surface area (Å²) < 4.78 is 119. The number of anilines is 1. The fourth-order valence-electron chi connectivity index (χ4n) is 2.27. The van der Waals surface area contributed by atoms with E-state index in [1.807, 2.05) is 0 Å². The molecule has 2 N–H and O–H groups in total. The molecule has 0 unspecified atom stereocenters. The minimum atomic E-state index is -5.56. The van der Waals surface area contributed by atoms with Gasteiger partial charge in [0, 0.05) is 5.69 Å². The average molecular weight is 403 g/mol. The number of alkyl halides is 9. The third-order valence-corrected chi connectivity index (χ3v) is 3.43. The Balaban J connectivity index is 2.29. The van der Waals surface area contributed by atoms with Crippen molar-refractivity contribution in [3.8, 4) is 11.5 Å². The molecule has 0 saturated heterocycles. The predicted molar refractivity (Wildman–Crippen MR) is 77.2 cm³/mol. The second-order valence-corrected chi connectivity index (χ2v) is 5.43. The highest BCUT2D eigenvalue weighted by Gasteiger charge is 2.57. The summed E-state index contributed by atoms with van der Waals surface area (Å²) in [5.41, 5.74) is 2.39. The van der Waals surface area contributed by atoms with Crippen LogP contribution in [0.1, 0.15) is 17.0 Å². The van der Waals surface area contributed by atoms with Crippen molar-refractivity contribution >= 4 is 5.69 Å². The highest BCUT2D eigenvalue weighted by molar-refractivity contribution is 5.52. The van der Waals surface area contributed by atoms with E-state index in [1.54, 1.807) is 0 Å². The Morgan fingerprint density at radius 3 is 1.63 bits per heavy atom. The Morgan fingerprint density at radius 2 is 1.19 bits per heavy atom. The molecule has 0 heterocycles. The quantitative estimate of drug-likeness (QED) is 0.483. The van der Waals surface area contributed by atoms with E-state index in [0.29, 0.717) is 18.2 Å². The smallest absolute Gasteiger partial charge is 0.418 e. The maximum atomic E-state index is 12.8. The number of halogens is 9. The molecule has 0 aliphatic carbocycles. The van der Waals surface area contributed by atoms with Gasteiger partial charge in [-0.2, -0.15) is 39.5 Å². The minimum absolute atomic E-state index is 0.250. The summed E-state index contributed by atoms with van der Waals surface area (Å²) in [5.74, 6) is -4.28. The molecule has 0 aromatic heterocycles.